The Labute approximate surface area is 110 Å². The third kappa shape index (κ3) is 2.09. The molecule has 19 heavy (non-hydrogen) atoms. The van der Waals surface area contributed by atoms with Crippen LogP contribution in [0.25, 0.3) is 11.3 Å². The van der Waals surface area contributed by atoms with E-state index in [1.54, 1.807) is 0 Å². The molecule has 7 heteroatoms. The first kappa shape index (κ1) is 11.0. The van der Waals surface area contributed by atoms with Gasteiger partial charge >= 0.3 is 0 Å². The highest BCUT2D eigenvalue weighted by molar-refractivity contribution is 5.74. The van der Waals surface area contributed by atoms with Crippen LogP contribution in [0.2, 0.25) is 0 Å². The molecule has 3 heterocycles. The van der Waals surface area contributed by atoms with E-state index in [0.717, 1.165) is 24.7 Å². The van der Waals surface area contributed by atoms with Crippen molar-refractivity contribution in [1.82, 2.24) is 20.3 Å². The van der Waals surface area contributed by atoms with Gasteiger partial charge in [0.25, 0.3) is 0 Å². The van der Waals surface area contributed by atoms with Crippen molar-refractivity contribution >= 4 is 22.9 Å². The second-order valence-corrected chi connectivity index (χ2v) is 5.27. The third-order valence-corrected chi connectivity index (χ3v) is 3.67. The molecule has 2 aromatic heterocycles. The van der Waals surface area contributed by atoms with E-state index >= 15 is 0 Å². The van der Waals surface area contributed by atoms with Gasteiger partial charge in [0.2, 0.25) is 11.3 Å². The summed E-state index contributed by atoms with van der Waals surface area (Å²) in [6.45, 7) is 2.07. The van der Waals surface area contributed by atoms with Crippen molar-refractivity contribution in [2.45, 2.75) is 38.1 Å². The highest BCUT2D eigenvalue weighted by atomic mass is 16.6. The monoisotopic (exact) mass is 260 g/mol. The Kier molecular flexibility index (Phi) is 2.49. The maximum absolute atomic E-state index is 4.71. The zero-order valence-corrected chi connectivity index (χ0v) is 10.7. The number of hydrogen-bond donors (Lipinski definition) is 1. The topological polar surface area (TPSA) is 80.0 Å². The zero-order chi connectivity index (χ0) is 12.7. The van der Waals surface area contributed by atoms with Gasteiger partial charge in [0.15, 0.2) is 11.6 Å². The predicted octanol–water partition coefficient (Wildman–Crippen LogP) is 1.58. The van der Waals surface area contributed by atoms with E-state index in [9.17, 15) is 0 Å². The summed E-state index contributed by atoms with van der Waals surface area (Å²) in [5, 5.41) is 11.0. The van der Waals surface area contributed by atoms with E-state index in [1.165, 1.54) is 32.1 Å². The fourth-order valence-corrected chi connectivity index (χ4v) is 2.47. The van der Waals surface area contributed by atoms with Crippen molar-refractivity contribution in [1.29, 1.82) is 0 Å². The van der Waals surface area contributed by atoms with E-state index in [0.29, 0.717) is 17.3 Å². The molecule has 7 nitrogen and oxygen atoms in total. The molecule has 0 aromatic carbocycles. The van der Waals surface area contributed by atoms with Gasteiger partial charge in [-0.15, -0.1) is 0 Å². The van der Waals surface area contributed by atoms with Crippen LogP contribution in [0.4, 0.5) is 11.6 Å². The molecule has 2 aromatic rings. The molecule has 0 unspecified atom stereocenters. The van der Waals surface area contributed by atoms with E-state index in [-0.39, 0.29) is 0 Å². The van der Waals surface area contributed by atoms with Gasteiger partial charge in [0, 0.05) is 19.1 Å². The summed E-state index contributed by atoms with van der Waals surface area (Å²) in [6.07, 6.45) is 6.12. The fraction of sp³-hybridized carbons (Fsp3) is 0.667. The molecule has 1 saturated heterocycles. The van der Waals surface area contributed by atoms with Crippen LogP contribution < -0.4 is 10.2 Å². The summed E-state index contributed by atoms with van der Waals surface area (Å²) >= 11 is 0. The minimum Gasteiger partial charge on any atom is -0.364 e. The molecule has 1 N–H and O–H groups in total. The quantitative estimate of drug-likeness (QED) is 0.897. The minimum absolute atomic E-state index is 0.476. The van der Waals surface area contributed by atoms with Gasteiger partial charge in [0.05, 0.1) is 0 Å². The maximum Gasteiger partial charge on any atom is 0.245 e. The zero-order valence-electron chi connectivity index (χ0n) is 10.7. The Morgan fingerprint density at radius 3 is 2.47 bits per heavy atom. The number of nitrogens with one attached hydrogen (secondary N) is 1. The number of piperidine rings is 1. The average Bonchev–Trinajstić information content (AvgIpc) is 3.15. The number of hydrogen-bond acceptors (Lipinski definition) is 7. The van der Waals surface area contributed by atoms with Gasteiger partial charge in [0.1, 0.15) is 0 Å². The normalized spacial score (nSPS) is 19.9. The van der Waals surface area contributed by atoms with Gasteiger partial charge in [-0.05, 0) is 42.4 Å². The van der Waals surface area contributed by atoms with Crippen LogP contribution in [-0.2, 0) is 0 Å². The molecule has 1 aliphatic carbocycles. The Hall–Kier alpha value is -1.92. The number of nitrogens with zero attached hydrogens (tertiary/aromatic N) is 5. The summed E-state index contributed by atoms with van der Waals surface area (Å²) in [6, 6.07) is 0.537. The Balaban J connectivity index is 1.75. The fourth-order valence-electron chi connectivity index (χ4n) is 2.47. The van der Waals surface area contributed by atoms with Gasteiger partial charge in [-0.1, -0.05) is 0 Å². The number of anilines is 2. The van der Waals surface area contributed by atoms with Crippen LogP contribution in [0.5, 0.6) is 0 Å². The summed E-state index contributed by atoms with van der Waals surface area (Å²) in [7, 11) is 0. The van der Waals surface area contributed by atoms with Crippen molar-refractivity contribution in [3.05, 3.63) is 0 Å². The van der Waals surface area contributed by atoms with E-state index < -0.39 is 0 Å². The van der Waals surface area contributed by atoms with E-state index in [4.69, 9.17) is 4.63 Å². The number of fused-ring (bicyclic) bond motifs is 1. The van der Waals surface area contributed by atoms with Gasteiger partial charge in [-0.3, -0.25) is 0 Å². The first-order valence-electron chi connectivity index (χ1n) is 6.92. The summed E-state index contributed by atoms with van der Waals surface area (Å²) in [4.78, 5) is 11.4. The molecule has 4 rings (SSSR count). The first-order valence-corrected chi connectivity index (χ1v) is 6.92. The SMILES string of the molecule is C1CCN(c2nc3nonc3nc2NC2CC2)CC1. The summed E-state index contributed by atoms with van der Waals surface area (Å²) in [5.41, 5.74) is 0.964. The van der Waals surface area contributed by atoms with Crippen LogP contribution in [-0.4, -0.2) is 39.4 Å². The molecule has 1 saturated carbocycles. The van der Waals surface area contributed by atoms with Crippen molar-refractivity contribution in [2.75, 3.05) is 23.3 Å². The Morgan fingerprint density at radius 2 is 1.74 bits per heavy atom. The molecular formula is C12H16N6O. The van der Waals surface area contributed by atoms with E-state index in [1.807, 2.05) is 0 Å². The standard InChI is InChI=1S/C12H16N6O/c1-2-6-18(7-3-1)12-11(13-8-4-5-8)14-9-10(15-12)17-19-16-9/h8H,1-7H2,(H,13,14,16). The largest absolute Gasteiger partial charge is 0.364 e. The van der Waals surface area contributed by atoms with E-state index in [2.05, 4.69) is 30.5 Å². The minimum atomic E-state index is 0.476. The summed E-state index contributed by atoms with van der Waals surface area (Å²) < 4.78 is 4.71. The first-order chi connectivity index (χ1) is 9.40. The van der Waals surface area contributed by atoms with Crippen molar-refractivity contribution < 1.29 is 4.63 Å². The second kappa shape index (κ2) is 4.32. The van der Waals surface area contributed by atoms with Crippen LogP contribution in [0.1, 0.15) is 32.1 Å². The van der Waals surface area contributed by atoms with Crippen LogP contribution in [0, 0.1) is 0 Å². The van der Waals surface area contributed by atoms with Crippen molar-refractivity contribution in [2.24, 2.45) is 0 Å². The lowest BCUT2D eigenvalue weighted by molar-refractivity contribution is 0.314. The summed E-state index contributed by atoms with van der Waals surface area (Å²) in [5.74, 6) is 1.72. The van der Waals surface area contributed by atoms with Gasteiger partial charge < -0.3 is 10.2 Å². The highest BCUT2D eigenvalue weighted by Crippen LogP contribution is 2.31. The van der Waals surface area contributed by atoms with Gasteiger partial charge in [-0.2, -0.15) is 0 Å². The van der Waals surface area contributed by atoms with Crippen molar-refractivity contribution in [3.63, 3.8) is 0 Å². The van der Waals surface area contributed by atoms with Gasteiger partial charge in [-0.25, -0.2) is 14.6 Å². The Morgan fingerprint density at radius 1 is 1.00 bits per heavy atom. The molecule has 0 bridgehead atoms. The number of aromatic nitrogens is 4. The Bertz CT molecular complexity index is 587. The maximum atomic E-state index is 4.71. The molecule has 0 atom stereocenters. The highest BCUT2D eigenvalue weighted by Gasteiger charge is 2.26. The van der Waals surface area contributed by atoms with Crippen LogP contribution >= 0.6 is 0 Å². The molecule has 1 aliphatic heterocycles. The molecule has 0 amide bonds. The predicted molar refractivity (Wildman–Crippen MR) is 70.1 cm³/mol. The lowest BCUT2D eigenvalue weighted by Gasteiger charge is -2.28. The molecule has 2 fully saturated rings. The van der Waals surface area contributed by atoms with Crippen LogP contribution in [0.15, 0.2) is 4.63 Å². The molecule has 100 valence electrons. The van der Waals surface area contributed by atoms with Crippen molar-refractivity contribution in [3.8, 4) is 0 Å². The number of rotatable bonds is 3. The lowest BCUT2D eigenvalue weighted by atomic mass is 10.1. The molecule has 0 radical (unpaired) electrons. The van der Waals surface area contributed by atoms with Crippen LogP contribution in [0.3, 0.4) is 0 Å². The smallest absolute Gasteiger partial charge is 0.245 e. The molecule has 2 aliphatic rings. The second-order valence-electron chi connectivity index (χ2n) is 5.27. The molecular weight excluding hydrogens is 244 g/mol. The third-order valence-electron chi connectivity index (χ3n) is 3.67. The lowest BCUT2D eigenvalue weighted by Crippen LogP contribution is -2.31. The average molecular weight is 260 g/mol. The molecule has 0 spiro atoms.